The molecular formula is C21H31N5O5. The van der Waals surface area contributed by atoms with Crippen LogP contribution in [0.15, 0.2) is 24.3 Å². The molecule has 0 aliphatic carbocycles. The van der Waals surface area contributed by atoms with Crippen molar-refractivity contribution in [3.8, 4) is 0 Å². The quantitative estimate of drug-likeness (QED) is 0.393. The van der Waals surface area contributed by atoms with Crippen LogP contribution in [-0.4, -0.2) is 41.1 Å². The van der Waals surface area contributed by atoms with E-state index in [1.54, 1.807) is 19.1 Å². The van der Waals surface area contributed by atoms with Crippen molar-refractivity contribution in [2.24, 2.45) is 5.73 Å². The fraction of sp³-hybridized carbons (Fsp3) is 0.476. The molecule has 0 saturated heterocycles. The predicted octanol–water partition coefficient (Wildman–Crippen LogP) is 1.12. The molecule has 10 nitrogen and oxygen atoms in total. The number of primary amides is 1. The minimum atomic E-state index is -1.25. The van der Waals surface area contributed by atoms with Gasteiger partial charge in [0.15, 0.2) is 0 Å². The molecule has 0 bridgehead atoms. The molecule has 10 heteroatoms. The minimum absolute atomic E-state index is 0.0210. The topological polar surface area (TPSA) is 142 Å². The molecule has 170 valence electrons. The highest BCUT2D eigenvalue weighted by Gasteiger charge is 2.30. The van der Waals surface area contributed by atoms with Gasteiger partial charge in [-0.3, -0.25) is 29.3 Å². The van der Waals surface area contributed by atoms with Crippen LogP contribution in [0.25, 0.3) is 0 Å². The number of amides is 5. The number of carbonyl (C=O) groups excluding carboxylic acids is 5. The van der Waals surface area contributed by atoms with E-state index in [9.17, 15) is 24.0 Å². The summed E-state index contributed by atoms with van der Waals surface area (Å²) in [5.74, 6) is -4.94. The van der Waals surface area contributed by atoms with Crippen molar-refractivity contribution in [1.29, 1.82) is 0 Å². The number of hydrazine groups is 2. The van der Waals surface area contributed by atoms with Crippen LogP contribution in [0.5, 0.6) is 0 Å². The van der Waals surface area contributed by atoms with Crippen LogP contribution < -0.4 is 21.6 Å². The average Bonchev–Trinajstić information content (AvgIpc) is 2.77. The van der Waals surface area contributed by atoms with Crippen molar-refractivity contribution in [3.05, 3.63) is 29.8 Å². The Morgan fingerprint density at radius 2 is 1.61 bits per heavy atom. The van der Waals surface area contributed by atoms with Gasteiger partial charge in [-0.15, -0.1) is 0 Å². The zero-order chi connectivity index (χ0) is 23.6. The van der Waals surface area contributed by atoms with Gasteiger partial charge < -0.3 is 5.73 Å². The summed E-state index contributed by atoms with van der Waals surface area (Å²) in [4.78, 5) is 60.0. The SMILES string of the molecule is CCCCN(C(=O)C(=O)NC(=O)CC)N(NC(=O)C(N)=O)c1ccc(C(C)CC)cc1. The fourth-order valence-electron chi connectivity index (χ4n) is 2.58. The number of hydrogen-bond donors (Lipinski definition) is 3. The number of nitrogens with zero attached hydrogens (tertiary/aromatic N) is 2. The number of anilines is 1. The van der Waals surface area contributed by atoms with Gasteiger partial charge in [0, 0.05) is 13.0 Å². The van der Waals surface area contributed by atoms with Crippen LogP contribution in [0.3, 0.4) is 0 Å². The van der Waals surface area contributed by atoms with Crippen LogP contribution in [0.1, 0.15) is 64.9 Å². The fourth-order valence-corrected chi connectivity index (χ4v) is 2.58. The Labute approximate surface area is 182 Å². The monoisotopic (exact) mass is 433 g/mol. The van der Waals surface area contributed by atoms with Gasteiger partial charge in [-0.2, -0.15) is 5.12 Å². The van der Waals surface area contributed by atoms with E-state index >= 15 is 0 Å². The molecule has 1 aromatic rings. The second-order valence-electron chi connectivity index (χ2n) is 7.03. The van der Waals surface area contributed by atoms with Gasteiger partial charge in [0.25, 0.3) is 0 Å². The molecule has 1 rings (SSSR count). The molecule has 1 aromatic carbocycles. The molecule has 0 spiro atoms. The predicted molar refractivity (Wildman–Crippen MR) is 115 cm³/mol. The van der Waals surface area contributed by atoms with Gasteiger partial charge in [-0.05, 0) is 36.5 Å². The van der Waals surface area contributed by atoms with Gasteiger partial charge in [0.05, 0.1) is 5.69 Å². The molecule has 1 atom stereocenters. The zero-order valence-electron chi connectivity index (χ0n) is 18.4. The van der Waals surface area contributed by atoms with Crippen LogP contribution in [0.4, 0.5) is 5.69 Å². The van der Waals surface area contributed by atoms with E-state index in [4.69, 9.17) is 5.73 Å². The van der Waals surface area contributed by atoms with Crippen molar-refractivity contribution in [2.45, 2.75) is 59.3 Å². The minimum Gasteiger partial charge on any atom is -0.361 e. The molecular weight excluding hydrogens is 402 g/mol. The van der Waals surface area contributed by atoms with Crippen LogP contribution in [-0.2, 0) is 24.0 Å². The second-order valence-corrected chi connectivity index (χ2v) is 7.03. The lowest BCUT2D eigenvalue weighted by Gasteiger charge is -2.35. The Kier molecular flexibility index (Phi) is 10.2. The summed E-state index contributed by atoms with van der Waals surface area (Å²) in [5.41, 5.74) is 8.71. The number of unbranched alkanes of at least 4 members (excludes halogenated alkanes) is 1. The van der Waals surface area contributed by atoms with Crippen LogP contribution >= 0.6 is 0 Å². The second kappa shape index (κ2) is 12.3. The largest absolute Gasteiger partial charge is 0.361 e. The molecule has 0 aromatic heterocycles. The maximum Gasteiger partial charge on any atom is 0.332 e. The van der Waals surface area contributed by atoms with Gasteiger partial charge in [0.1, 0.15) is 0 Å². The van der Waals surface area contributed by atoms with Crippen molar-refractivity contribution < 1.29 is 24.0 Å². The van der Waals surface area contributed by atoms with E-state index in [-0.39, 0.29) is 13.0 Å². The highest BCUT2D eigenvalue weighted by atomic mass is 16.2. The first-order valence-corrected chi connectivity index (χ1v) is 10.3. The highest BCUT2D eigenvalue weighted by Crippen LogP contribution is 2.23. The van der Waals surface area contributed by atoms with Crippen LogP contribution in [0, 0.1) is 0 Å². The molecule has 4 N–H and O–H groups in total. The van der Waals surface area contributed by atoms with E-state index in [1.807, 2.05) is 24.4 Å². The summed E-state index contributed by atoms with van der Waals surface area (Å²) in [6.07, 6.45) is 2.12. The number of rotatable bonds is 9. The van der Waals surface area contributed by atoms with Gasteiger partial charge in [-0.1, -0.05) is 46.2 Å². The van der Waals surface area contributed by atoms with Crippen LogP contribution in [0.2, 0.25) is 0 Å². The summed E-state index contributed by atoms with van der Waals surface area (Å²) in [7, 11) is 0. The Hall–Kier alpha value is -3.43. The molecule has 31 heavy (non-hydrogen) atoms. The lowest BCUT2D eigenvalue weighted by atomic mass is 9.99. The lowest BCUT2D eigenvalue weighted by molar-refractivity contribution is -0.149. The lowest BCUT2D eigenvalue weighted by Crippen LogP contribution is -2.61. The number of benzene rings is 1. The maximum atomic E-state index is 12.8. The molecule has 0 aliphatic rings. The number of imide groups is 1. The van der Waals surface area contributed by atoms with E-state index in [1.165, 1.54) is 0 Å². The molecule has 0 aliphatic heterocycles. The van der Waals surface area contributed by atoms with E-state index in [0.29, 0.717) is 24.4 Å². The average molecular weight is 434 g/mol. The Balaban J connectivity index is 3.35. The number of nitrogens with two attached hydrogens (primary N) is 1. The van der Waals surface area contributed by atoms with Gasteiger partial charge in [-0.25, -0.2) is 10.4 Å². The smallest absolute Gasteiger partial charge is 0.332 e. The summed E-state index contributed by atoms with van der Waals surface area (Å²) in [6.45, 7) is 7.60. The molecule has 0 radical (unpaired) electrons. The summed E-state index contributed by atoms with van der Waals surface area (Å²) in [6, 6.07) is 6.97. The summed E-state index contributed by atoms with van der Waals surface area (Å²) in [5, 5.41) is 3.99. The Morgan fingerprint density at radius 1 is 1.00 bits per heavy atom. The van der Waals surface area contributed by atoms with Crippen molar-refractivity contribution >= 4 is 35.2 Å². The Morgan fingerprint density at radius 3 is 2.10 bits per heavy atom. The van der Waals surface area contributed by atoms with Crippen molar-refractivity contribution in [2.75, 3.05) is 11.7 Å². The standard InChI is InChI=1S/C21H31N5O5/c1-5-8-13-25(21(31)20(30)23-17(27)7-3)26(24-19(29)18(22)28)16-11-9-15(10-12-16)14(4)6-2/h9-12,14H,5-8,13H2,1-4H3,(H2,22,28)(H,24,29)(H,23,27,30). The third-order valence-electron chi connectivity index (χ3n) is 4.72. The Bertz CT molecular complexity index is 809. The number of hydrogen-bond acceptors (Lipinski definition) is 6. The zero-order valence-corrected chi connectivity index (χ0v) is 18.4. The van der Waals surface area contributed by atoms with E-state index in [0.717, 1.165) is 22.1 Å². The molecule has 0 heterocycles. The highest BCUT2D eigenvalue weighted by molar-refractivity contribution is 6.38. The number of nitrogens with one attached hydrogen (secondary N) is 2. The first-order chi connectivity index (χ1) is 14.7. The molecule has 1 unspecified atom stereocenters. The summed E-state index contributed by atoms with van der Waals surface area (Å²) >= 11 is 0. The third-order valence-corrected chi connectivity index (χ3v) is 4.72. The van der Waals surface area contributed by atoms with Gasteiger partial charge >= 0.3 is 23.6 Å². The van der Waals surface area contributed by atoms with Crippen molar-refractivity contribution in [3.63, 3.8) is 0 Å². The third kappa shape index (κ3) is 7.40. The summed E-state index contributed by atoms with van der Waals surface area (Å²) < 4.78 is 0. The first-order valence-electron chi connectivity index (χ1n) is 10.3. The molecule has 0 fully saturated rings. The maximum absolute atomic E-state index is 12.8. The van der Waals surface area contributed by atoms with Crippen molar-refractivity contribution in [1.82, 2.24) is 15.8 Å². The normalized spacial score (nSPS) is 11.2. The van der Waals surface area contributed by atoms with Gasteiger partial charge in [0.2, 0.25) is 5.91 Å². The molecule has 5 amide bonds. The molecule has 0 saturated carbocycles. The van der Waals surface area contributed by atoms with E-state index in [2.05, 4.69) is 19.3 Å². The van der Waals surface area contributed by atoms with E-state index < -0.39 is 29.5 Å². The number of carbonyl (C=O) groups is 5. The first kappa shape index (κ1) is 25.6.